The van der Waals surface area contributed by atoms with Gasteiger partial charge in [0.15, 0.2) is 0 Å². The van der Waals surface area contributed by atoms with Crippen molar-refractivity contribution < 1.29 is 23.9 Å². The van der Waals surface area contributed by atoms with Crippen molar-refractivity contribution in [3.8, 4) is 11.3 Å². The first kappa shape index (κ1) is 27.3. The Labute approximate surface area is 216 Å². The van der Waals surface area contributed by atoms with Crippen LogP contribution in [0, 0.1) is 6.92 Å². The third-order valence-electron chi connectivity index (χ3n) is 4.71. The summed E-state index contributed by atoms with van der Waals surface area (Å²) < 4.78 is 10.8. The third kappa shape index (κ3) is 7.86. The number of aromatic nitrogens is 2. The van der Waals surface area contributed by atoms with E-state index < -0.39 is 23.4 Å². The zero-order valence-electron chi connectivity index (χ0n) is 22.2. The van der Waals surface area contributed by atoms with E-state index in [0.717, 1.165) is 5.56 Å². The van der Waals surface area contributed by atoms with Crippen LogP contribution in [0.5, 0.6) is 0 Å². The van der Waals surface area contributed by atoms with E-state index in [1.165, 1.54) is 6.20 Å². The van der Waals surface area contributed by atoms with Crippen LogP contribution in [-0.4, -0.2) is 39.3 Å². The standard InChI is InChI=1S/C28H32N4O5/c1-18-9-8-10-20(17-18)23(33)30-21-13-11-19(12-14-21)22-15-16-29-24(31-22)32(25(34)36-27(2,3)4)26(35)37-28(5,6)7/h8-17H,1-7H3,(H,30,33). The summed E-state index contributed by atoms with van der Waals surface area (Å²) in [6.45, 7) is 12.1. The van der Waals surface area contributed by atoms with E-state index in [1.54, 1.807) is 77.9 Å². The van der Waals surface area contributed by atoms with Gasteiger partial charge >= 0.3 is 12.2 Å². The van der Waals surface area contributed by atoms with Crippen LogP contribution in [0.15, 0.2) is 60.8 Å². The maximum Gasteiger partial charge on any atom is 0.427 e. The summed E-state index contributed by atoms with van der Waals surface area (Å²) >= 11 is 0. The van der Waals surface area contributed by atoms with Gasteiger partial charge in [0, 0.05) is 23.0 Å². The number of nitrogens with zero attached hydrogens (tertiary/aromatic N) is 3. The first-order chi connectivity index (χ1) is 17.2. The Morgan fingerprint density at radius 2 is 1.43 bits per heavy atom. The van der Waals surface area contributed by atoms with Crippen molar-refractivity contribution in [2.24, 2.45) is 0 Å². The number of rotatable bonds is 4. The van der Waals surface area contributed by atoms with E-state index in [0.29, 0.717) is 27.4 Å². The highest BCUT2D eigenvalue weighted by molar-refractivity contribution is 6.08. The van der Waals surface area contributed by atoms with Gasteiger partial charge < -0.3 is 14.8 Å². The maximum absolute atomic E-state index is 12.9. The zero-order valence-corrected chi connectivity index (χ0v) is 22.2. The molecule has 1 heterocycles. The Bertz CT molecular complexity index is 1260. The first-order valence-electron chi connectivity index (χ1n) is 11.8. The molecule has 1 aromatic heterocycles. The van der Waals surface area contributed by atoms with E-state index in [2.05, 4.69) is 15.3 Å². The monoisotopic (exact) mass is 504 g/mol. The smallest absolute Gasteiger partial charge is 0.427 e. The molecule has 0 saturated heterocycles. The molecule has 0 aliphatic rings. The van der Waals surface area contributed by atoms with Crippen molar-refractivity contribution in [1.82, 2.24) is 9.97 Å². The number of aryl methyl sites for hydroxylation is 1. The van der Waals surface area contributed by atoms with E-state index >= 15 is 0 Å². The lowest BCUT2D eigenvalue weighted by atomic mass is 10.1. The lowest BCUT2D eigenvalue weighted by Crippen LogP contribution is -2.44. The highest BCUT2D eigenvalue weighted by Gasteiger charge is 2.34. The second kappa shape index (κ2) is 10.8. The van der Waals surface area contributed by atoms with Gasteiger partial charge in [-0.05, 0) is 78.8 Å². The van der Waals surface area contributed by atoms with E-state index in [4.69, 9.17) is 9.47 Å². The summed E-state index contributed by atoms with van der Waals surface area (Å²) in [4.78, 5) is 47.6. The molecule has 0 fully saturated rings. The molecule has 3 aromatic rings. The molecular formula is C28H32N4O5. The topological polar surface area (TPSA) is 111 Å². The fourth-order valence-electron chi connectivity index (χ4n) is 3.18. The van der Waals surface area contributed by atoms with Crippen LogP contribution in [-0.2, 0) is 9.47 Å². The molecule has 3 amide bonds. The molecule has 0 saturated carbocycles. The number of anilines is 2. The van der Waals surface area contributed by atoms with Gasteiger partial charge in [-0.2, -0.15) is 0 Å². The van der Waals surface area contributed by atoms with E-state index in [9.17, 15) is 14.4 Å². The highest BCUT2D eigenvalue weighted by Crippen LogP contribution is 2.24. The van der Waals surface area contributed by atoms with Gasteiger partial charge in [0.2, 0.25) is 5.95 Å². The summed E-state index contributed by atoms with van der Waals surface area (Å²) in [6.07, 6.45) is -0.464. The van der Waals surface area contributed by atoms with Gasteiger partial charge in [-0.25, -0.2) is 19.6 Å². The predicted molar refractivity (Wildman–Crippen MR) is 142 cm³/mol. The Kier molecular flexibility index (Phi) is 7.96. The molecule has 0 unspecified atom stereocenters. The summed E-state index contributed by atoms with van der Waals surface area (Å²) in [5, 5.41) is 2.86. The minimum absolute atomic E-state index is 0.183. The molecular weight excluding hydrogens is 472 g/mol. The molecule has 194 valence electrons. The molecule has 0 aliphatic carbocycles. The first-order valence-corrected chi connectivity index (χ1v) is 11.8. The molecule has 2 aromatic carbocycles. The fourth-order valence-corrected chi connectivity index (χ4v) is 3.18. The van der Waals surface area contributed by atoms with Gasteiger partial charge in [0.25, 0.3) is 5.91 Å². The normalized spacial score (nSPS) is 11.4. The van der Waals surface area contributed by atoms with Crippen LogP contribution in [0.1, 0.15) is 57.5 Å². The molecule has 9 heteroatoms. The Morgan fingerprint density at radius 1 is 0.838 bits per heavy atom. The van der Waals surface area contributed by atoms with Crippen molar-refractivity contribution in [2.45, 2.75) is 59.7 Å². The molecule has 0 aliphatic heterocycles. The number of hydrogen-bond acceptors (Lipinski definition) is 7. The second-order valence-electron chi connectivity index (χ2n) is 10.4. The lowest BCUT2D eigenvalue weighted by Gasteiger charge is -2.27. The summed E-state index contributed by atoms with van der Waals surface area (Å²) in [5.41, 5.74) is 1.60. The van der Waals surface area contributed by atoms with E-state index in [1.807, 2.05) is 25.1 Å². The van der Waals surface area contributed by atoms with Gasteiger partial charge in [-0.1, -0.05) is 29.8 Å². The number of nitrogens with one attached hydrogen (secondary N) is 1. The SMILES string of the molecule is Cc1cccc(C(=O)Nc2ccc(-c3ccnc(N(C(=O)OC(C)(C)C)C(=O)OC(C)(C)C)n3)cc2)c1. The summed E-state index contributed by atoms with van der Waals surface area (Å²) in [5.74, 6) is -0.399. The van der Waals surface area contributed by atoms with Gasteiger partial charge in [-0.15, -0.1) is 4.90 Å². The average Bonchev–Trinajstić information content (AvgIpc) is 2.77. The molecule has 3 rings (SSSR count). The quantitative estimate of drug-likeness (QED) is 0.439. The number of ether oxygens (including phenoxy) is 2. The highest BCUT2D eigenvalue weighted by atomic mass is 16.6. The number of hydrogen-bond donors (Lipinski definition) is 1. The van der Waals surface area contributed by atoms with Crippen molar-refractivity contribution >= 4 is 29.7 Å². The molecule has 1 N–H and O–H groups in total. The fraction of sp³-hybridized carbons (Fsp3) is 0.321. The molecule has 37 heavy (non-hydrogen) atoms. The average molecular weight is 505 g/mol. The third-order valence-corrected chi connectivity index (χ3v) is 4.71. The maximum atomic E-state index is 12.9. The van der Waals surface area contributed by atoms with Crippen molar-refractivity contribution in [3.63, 3.8) is 0 Å². The van der Waals surface area contributed by atoms with Crippen LogP contribution in [0.2, 0.25) is 0 Å². The zero-order chi connectivity index (χ0) is 27.4. The number of amides is 3. The Morgan fingerprint density at radius 3 is 1.97 bits per heavy atom. The Balaban J connectivity index is 1.86. The van der Waals surface area contributed by atoms with Crippen molar-refractivity contribution in [3.05, 3.63) is 71.9 Å². The summed E-state index contributed by atoms with van der Waals surface area (Å²) in [6, 6.07) is 16.0. The molecule has 0 spiro atoms. The minimum atomic E-state index is -0.951. The van der Waals surface area contributed by atoms with Crippen LogP contribution in [0.25, 0.3) is 11.3 Å². The number of imide groups is 1. The minimum Gasteiger partial charge on any atom is -0.443 e. The van der Waals surface area contributed by atoms with Gasteiger partial charge in [0.05, 0.1) is 5.69 Å². The van der Waals surface area contributed by atoms with E-state index in [-0.39, 0.29) is 11.9 Å². The molecule has 9 nitrogen and oxygen atoms in total. The predicted octanol–water partition coefficient (Wildman–Crippen LogP) is 6.38. The van der Waals surface area contributed by atoms with Crippen molar-refractivity contribution in [2.75, 3.05) is 10.2 Å². The molecule has 0 radical (unpaired) electrons. The number of carbonyl (C=O) groups excluding carboxylic acids is 3. The van der Waals surface area contributed by atoms with Crippen LogP contribution in [0.3, 0.4) is 0 Å². The van der Waals surface area contributed by atoms with Crippen LogP contribution < -0.4 is 10.2 Å². The Hall–Kier alpha value is -4.27. The second-order valence-corrected chi connectivity index (χ2v) is 10.4. The van der Waals surface area contributed by atoms with Gasteiger partial charge in [0.1, 0.15) is 11.2 Å². The van der Waals surface area contributed by atoms with Crippen LogP contribution >= 0.6 is 0 Å². The molecule has 0 atom stereocenters. The van der Waals surface area contributed by atoms with Crippen LogP contribution in [0.4, 0.5) is 21.2 Å². The number of benzene rings is 2. The lowest BCUT2D eigenvalue weighted by molar-refractivity contribution is 0.0427. The summed E-state index contributed by atoms with van der Waals surface area (Å²) in [7, 11) is 0. The number of carbonyl (C=O) groups is 3. The van der Waals surface area contributed by atoms with Crippen molar-refractivity contribution in [1.29, 1.82) is 0 Å². The molecule has 0 bridgehead atoms. The van der Waals surface area contributed by atoms with Gasteiger partial charge in [-0.3, -0.25) is 4.79 Å². The largest absolute Gasteiger partial charge is 0.443 e.